The van der Waals surface area contributed by atoms with E-state index < -0.39 is 5.41 Å². The maximum absolute atomic E-state index is 11.5. The molecule has 1 aromatic carbocycles. The molecule has 0 N–H and O–H groups in total. The van der Waals surface area contributed by atoms with Crippen LogP contribution in [0.4, 0.5) is 0 Å². The van der Waals surface area contributed by atoms with E-state index >= 15 is 0 Å². The second-order valence-electron chi connectivity index (χ2n) is 5.05. The number of aromatic nitrogens is 1. The van der Waals surface area contributed by atoms with Gasteiger partial charge in [0.25, 0.3) is 0 Å². The van der Waals surface area contributed by atoms with Crippen molar-refractivity contribution in [2.45, 2.75) is 18.9 Å². The van der Waals surface area contributed by atoms with E-state index in [0.717, 1.165) is 24.1 Å². The monoisotopic (exact) mass is 274 g/mol. The van der Waals surface area contributed by atoms with E-state index in [2.05, 4.69) is 9.88 Å². The Labute approximate surface area is 117 Å². The van der Waals surface area contributed by atoms with Gasteiger partial charge in [-0.05, 0) is 19.5 Å². The zero-order valence-electron chi connectivity index (χ0n) is 11.2. The lowest BCUT2D eigenvalue weighted by molar-refractivity contribution is -0.112. The Hall–Kier alpha value is -1.52. The lowest BCUT2D eigenvalue weighted by Crippen LogP contribution is -2.38. The van der Waals surface area contributed by atoms with E-state index in [1.54, 1.807) is 11.3 Å². The zero-order chi connectivity index (χ0) is 13.7. The predicted molar refractivity (Wildman–Crippen MR) is 78.3 cm³/mol. The van der Waals surface area contributed by atoms with Gasteiger partial charge in [0.05, 0.1) is 16.6 Å². The van der Waals surface area contributed by atoms with Crippen LogP contribution in [0.25, 0.3) is 0 Å². The van der Waals surface area contributed by atoms with Crippen molar-refractivity contribution in [1.82, 2.24) is 9.88 Å². The molecule has 1 unspecified atom stereocenters. The summed E-state index contributed by atoms with van der Waals surface area (Å²) in [4.78, 5) is 17.9. The van der Waals surface area contributed by atoms with E-state index in [-0.39, 0.29) is 0 Å². The number of nitrogens with zero attached hydrogens (tertiary/aromatic N) is 2. The first-order valence-corrected chi connectivity index (χ1v) is 7.16. The fraction of sp³-hybridized carbons (Fsp3) is 0.333. The van der Waals surface area contributed by atoms with Gasteiger partial charge in [-0.3, -0.25) is 4.90 Å². The number of thiazole rings is 1. The molecule has 4 heteroatoms. The second kappa shape index (κ2) is 6.08. The zero-order valence-corrected chi connectivity index (χ0v) is 12.1. The van der Waals surface area contributed by atoms with Crippen molar-refractivity contribution in [2.75, 3.05) is 13.6 Å². The Morgan fingerprint density at radius 1 is 1.37 bits per heavy atom. The van der Waals surface area contributed by atoms with Gasteiger partial charge in [0.2, 0.25) is 0 Å². The molecule has 0 fully saturated rings. The molecule has 1 atom stereocenters. The Morgan fingerprint density at radius 3 is 2.68 bits per heavy atom. The first-order valence-electron chi connectivity index (χ1n) is 6.21. The highest BCUT2D eigenvalue weighted by atomic mass is 32.1. The molecule has 0 radical (unpaired) electrons. The highest BCUT2D eigenvalue weighted by Gasteiger charge is 2.27. The summed E-state index contributed by atoms with van der Waals surface area (Å²) in [6, 6.07) is 9.92. The van der Waals surface area contributed by atoms with Crippen LogP contribution in [0.3, 0.4) is 0 Å². The number of benzene rings is 1. The van der Waals surface area contributed by atoms with Crippen molar-refractivity contribution in [3.05, 3.63) is 52.5 Å². The number of hydrogen-bond acceptors (Lipinski definition) is 4. The highest BCUT2D eigenvalue weighted by molar-refractivity contribution is 7.07. The van der Waals surface area contributed by atoms with Crippen LogP contribution < -0.4 is 0 Å². The number of likely N-dealkylation sites (N-methyl/N-ethyl adjacent to an activating group) is 1. The number of hydrogen-bond donors (Lipinski definition) is 0. The molecule has 1 aromatic heterocycles. The molecule has 0 bridgehead atoms. The van der Waals surface area contributed by atoms with E-state index in [9.17, 15) is 4.79 Å². The number of carbonyl (C=O) groups is 1. The summed E-state index contributed by atoms with van der Waals surface area (Å²) in [5.41, 5.74) is 3.45. The van der Waals surface area contributed by atoms with Gasteiger partial charge in [0, 0.05) is 18.5 Å². The summed E-state index contributed by atoms with van der Waals surface area (Å²) in [6.45, 7) is 3.42. The second-order valence-corrected chi connectivity index (χ2v) is 5.77. The molecule has 1 heterocycles. The van der Waals surface area contributed by atoms with Gasteiger partial charge < -0.3 is 4.79 Å². The Bertz CT molecular complexity index is 512. The van der Waals surface area contributed by atoms with Crippen LogP contribution in [-0.4, -0.2) is 29.8 Å². The van der Waals surface area contributed by atoms with Crippen LogP contribution in [0, 0.1) is 0 Å². The number of carbonyl (C=O) groups excluding carboxylic acids is 1. The Kier molecular flexibility index (Phi) is 4.45. The minimum absolute atomic E-state index is 0.480. The van der Waals surface area contributed by atoms with Crippen molar-refractivity contribution in [3.63, 3.8) is 0 Å². The average Bonchev–Trinajstić information content (AvgIpc) is 2.92. The SMILES string of the molecule is CN(Cc1cscn1)CC(C)(C=O)c1ccccc1. The normalized spacial score (nSPS) is 14.3. The summed E-state index contributed by atoms with van der Waals surface area (Å²) in [7, 11) is 2.02. The summed E-state index contributed by atoms with van der Waals surface area (Å²) in [5, 5.41) is 2.04. The molecular weight excluding hydrogens is 256 g/mol. The van der Waals surface area contributed by atoms with Crippen LogP contribution in [0.15, 0.2) is 41.2 Å². The van der Waals surface area contributed by atoms with Gasteiger partial charge in [-0.25, -0.2) is 4.98 Å². The molecule has 0 aliphatic rings. The third-order valence-electron chi connectivity index (χ3n) is 3.21. The largest absolute Gasteiger partial charge is 0.302 e. The van der Waals surface area contributed by atoms with E-state index in [4.69, 9.17) is 0 Å². The fourth-order valence-corrected chi connectivity index (χ4v) is 2.77. The first kappa shape index (κ1) is 13.9. The Balaban J connectivity index is 2.08. The standard InChI is InChI=1S/C15H18N2OS/c1-15(11-18,13-6-4-3-5-7-13)10-17(2)8-14-9-19-12-16-14/h3-7,9,11-12H,8,10H2,1-2H3. The maximum atomic E-state index is 11.5. The quantitative estimate of drug-likeness (QED) is 0.759. The predicted octanol–water partition coefficient (Wildman–Crippen LogP) is 2.73. The topological polar surface area (TPSA) is 33.2 Å². The lowest BCUT2D eigenvalue weighted by Gasteiger charge is -2.29. The van der Waals surface area contributed by atoms with Crippen LogP contribution in [-0.2, 0) is 16.8 Å². The smallest absolute Gasteiger partial charge is 0.131 e. The van der Waals surface area contributed by atoms with Crippen LogP contribution in [0.5, 0.6) is 0 Å². The maximum Gasteiger partial charge on any atom is 0.131 e. The van der Waals surface area contributed by atoms with Crippen molar-refractivity contribution in [2.24, 2.45) is 0 Å². The lowest BCUT2D eigenvalue weighted by atomic mass is 9.83. The van der Waals surface area contributed by atoms with Crippen LogP contribution in [0.2, 0.25) is 0 Å². The molecule has 3 nitrogen and oxygen atoms in total. The molecule has 0 aliphatic heterocycles. The third kappa shape index (κ3) is 3.49. The van der Waals surface area contributed by atoms with Crippen molar-refractivity contribution < 1.29 is 4.79 Å². The molecule has 0 saturated heterocycles. The summed E-state index contributed by atoms with van der Waals surface area (Å²) in [6.07, 6.45) is 1.04. The highest BCUT2D eigenvalue weighted by Crippen LogP contribution is 2.22. The Morgan fingerprint density at radius 2 is 2.11 bits per heavy atom. The summed E-state index contributed by atoms with van der Waals surface area (Å²) >= 11 is 1.59. The summed E-state index contributed by atoms with van der Waals surface area (Å²) < 4.78 is 0. The van der Waals surface area contributed by atoms with Gasteiger partial charge in [-0.15, -0.1) is 11.3 Å². The molecule has 2 rings (SSSR count). The van der Waals surface area contributed by atoms with Crippen molar-refractivity contribution in [3.8, 4) is 0 Å². The van der Waals surface area contributed by atoms with Crippen LogP contribution >= 0.6 is 11.3 Å². The fourth-order valence-electron chi connectivity index (χ4n) is 2.22. The van der Waals surface area contributed by atoms with Gasteiger partial charge in [0.1, 0.15) is 6.29 Å². The summed E-state index contributed by atoms with van der Waals surface area (Å²) in [5.74, 6) is 0. The molecule has 19 heavy (non-hydrogen) atoms. The van der Waals surface area contributed by atoms with E-state index in [1.165, 1.54) is 0 Å². The van der Waals surface area contributed by atoms with Gasteiger partial charge >= 0.3 is 0 Å². The van der Waals surface area contributed by atoms with Crippen molar-refractivity contribution >= 4 is 17.6 Å². The van der Waals surface area contributed by atoms with Gasteiger partial charge in [-0.1, -0.05) is 30.3 Å². The minimum Gasteiger partial charge on any atom is -0.302 e. The molecular formula is C15H18N2OS. The number of rotatable bonds is 6. The first-order chi connectivity index (χ1) is 9.14. The average molecular weight is 274 g/mol. The van der Waals surface area contributed by atoms with Gasteiger partial charge in [-0.2, -0.15) is 0 Å². The molecule has 2 aromatic rings. The van der Waals surface area contributed by atoms with Gasteiger partial charge in [0.15, 0.2) is 0 Å². The molecule has 0 aliphatic carbocycles. The molecule has 0 saturated carbocycles. The van der Waals surface area contributed by atoms with Crippen molar-refractivity contribution in [1.29, 1.82) is 0 Å². The number of aldehydes is 1. The minimum atomic E-state index is -0.480. The molecule has 100 valence electrons. The molecule has 0 spiro atoms. The third-order valence-corrected chi connectivity index (χ3v) is 3.84. The van der Waals surface area contributed by atoms with Crippen LogP contribution in [0.1, 0.15) is 18.2 Å². The van der Waals surface area contributed by atoms with E-state index in [0.29, 0.717) is 6.54 Å². The molecule has 0 amide bonds. The van der Waals surface area contributed by atoms with E-state index in [1.807, 2.05) is 55.2 Å².